The minimum absolute atomic E-state index is 0.0627. The van der Waals surface area contributed by atoms with E-state index < -0.39 is 6.10 Å². The monoisotopic (exact) mass is 745 g/mol. The zero-order valence-electron chi connectivity index (χ0n) is 35.3. The van der Waals surface area contributed by atoms with Crippen LogP contribution in [0.15, 0.2) is 36.5 Å². The van der Waals surface area contributed by atoms with Gasteiger partial charge in [0.2, 0.25) is 0 Å². The van der Waals surface area contributed by atoms with E-state index in [4.69, 9.17) is 9.47 Å². The number of ether oxygens (including phenoxy) is 2. The van der Waals surface area contributed by atoms with Crippen LogP contribution in [-0.2, 0) is 19.1 Å². The summed E-state index contributed by atoms with van der Waals surface area (Å²) >= 11 is 0. The highest BCUT2D eigenvalue weighted by molar-refractivity contribution is 5.70. The maximum absolute atomic E-state index is 12.1. The summed E-state index contributed by atoms with van der Waals surface area (Å²) in [7, 11) is 0. The van der Waals surface area contributed by atoms with Crippen molar-refractivity contribution >= 4 is 11.9 Å². The molecule has 0 aliphatic rings. The van der Waals surface area contributed by atoms with Crippen LogP contribution in [-0.4, -0.2) is 36.4 Å². The molecule has 0 fully saturated rings. The van der Waals surface area contributed by atoms with Gasteiger partial charge in [0.05, 0.1) is 6.61 Å². The predicted octanol–water partition coefficient (Wildman–Crippen LogP) is 14.8. The summed E-state index contributed by atoms with van der Waals surface area (Å²) in [5, 5.41) is 9.51. The van der Waals surface area contributed by atoms with Crippen LogP contribution in [0.4, 0.5) is 0 Å². The fourth-order valence-electron chi connectivity index (χ4n) is 6.68. The molecule has 5 heteroatoms. The number of aliphatic hydroxyl groups is 1. The van der Waals surface area contributed by atoms with Gasteiger partial charge in [0.15, 0.2) is 6.10 Å². The summed E-state index contributed by atoms with van der Waals surface area (Å²) in [5.41, 5.74) is 0. The van der Waals surface area contributed by atoms with E-state index >= 15 is 0 Å². The van der Waals surface area contributed by atoms with Crippen molar-refractivity contribution in [3.8, 4) is 0 Å². The molecular formula is C48H88O5. The summed E-state index contributed by atoms with van der Waals surface area (Å²) < 4.78 is 10.5. The molecule has 1 N–H and O–H groups in total. The van der Waals surface area contributed by atoms with Crippen LogP contribution in [0.2, 0.25) is 0 Å². The van der Waals surface area contributed by atoms with Crippen LogP contribution in [0, 0.1) is 0 Å². The van der Waals surface area contributed by atoms with Crippen LogP contribution in [0.5, 0.6) is 0 Å². The highest BCUT2D eigenvalue weighted by Crippen LogP contribution is 2.16. The third-order valence-corrected chi connectivity index (χ3v) is 10.2. The fraction of sp³-hybridized carbons (Fsp3) is 0.833. The molecule has 5 nitrogen and oxygen atoms in total. The van der Waals surface area contributed by atoms with E-state index in [9.17, 15) is 14.7 Å². The molecule has 1 unspecified atom stereocenters. The second-order valence-electron chi connectivity index (χ2n) is 15.5. The van der Waals surface area contributed by atoms with Crippen molar-refractivity contribution in [2.24, 2.45) is 0 Å². The predicted molar refractivity (Wildman–Crippen MR) is 228 cm³/mol. The minimum atomic E-state index is -0.764. The minimum Gasteiger partial charge on any atom is -0.462 e. The van der Waals surface area contributed by atoms with Crippen molar-refractivity contribution in [3.63, 3.8) is 0 Å². The molecule has 0 spiro atoms. The molecule has 0 radical (unpaired) electrons. The van der Waals surface area contributed by atoms with Crippen LogP contribution in [0.1, 0.15) is 239 Å². The van der Waals surface area contributed by atoms with Gasteiger partial charge in [0.25, 0.3) is 0 Å². The van der Waals surface area contributed by atoms with Gasteiger partial charge in [0.1, 0.15) is 6.61 Å². The summed E-state index contributed by atoms with van der Waals surface area (Å²) in [6.07, 6.45) is 55.6. The second-order valence-corrected chi connectivity index (χ2v) is 15.5. The quantitative estimate of drug-likeness (QED) is 0.0383. The molecule has 0 aliphatic heterocycles. The number of esters is 2. The second kappa shape index (κ2) is 44.5. The molecule has 0 saturated heterocycles. The Hall–Kier alpha value is -1.88. The molecule has 0 aromatic rings. The number of rotatable bonds is 42. The zero-order chi connectivity index (χ0) is 38.6. The van der Waals surface area contributed by atoms with Gasteiger partial charge in [-0.05, 0) is 51.4 Å². The third kappa shape index (κ3) is 42.7. The maximum Gasteiger partial charge on any atom is 0.306 e. The lowest BCUT2D eigenvalue weighted by Crippen LogP contribution is -2.28. The van der Waals surface area contributed by atoms with Gasteiger partial charge < -0.3 is 14.6 Å². The number of unbranched alkanes of at least 4 members (excludes halogenated alkanes) is 28. The van der Waals surface area contributed by atoms with E-state index in [0.717, 1.165) is 51.4 Å². The SMILES string of the molecule is CCCCCCC/C=C\C/C=C\C/C=C\CCCCCCCCCCCCCCCCCCCCC(=O)OC(CO)COC(=O)CCCCCCCC. The van der Waals surface area contributed by atoms with Gasteiger partial charge in [0, 0.05) is 12.8 Å². The molecule has 0 aromatic carbocycles. The first-order valence-corrected chi connectivity index (χ1v) is 23.0. The van der Waals surface area contributed by atoms with Crippen molar-refractivity contribution < 1.29 is 24.2 Å². The first-order valence-electron chi connectivity index (χ1n) is 23.0. The Balaban J connectivity index is 3.38. The number of carbonyl (C=O) groups excluding carboxylic acids is 2. The van der Waals surface area contributed by atoms with Crippen LogP contribution < -0.4 is 0 Å². The lowest BCUT2D eigenvalue weighted by atomic mass is 10.0. The van der Waals surface area contributed by atoms with Gasteiger partial charge in [-0.3, -0.25) is 9.59 Å². The molecule has 1 atom stereocenters. The summed E-state index contributed by atoms with van der Waals surface area (Å²) in [5.74, 6) is -0.593. The van der Waals surface area contributed by atoms with Gasteiger partial charge in [-0.15, -0.1) is 0 Å². The molecule has 0 aromatic heterocycles. The van der Waals surface area contributed by atoms with E-state index in [1.165, 1.54) is 161 Å². The lowest BCUT2D eigenvalue weighted by Gasteiger charge is -2.15. The highest BCUT2D eigenvalue weighted by atomic mass is 16.6. The average molecular weight is 745 g/mol. The lowest BCUT2D eigenvalue weighted by molar-refractivity contribution is -0.161. The molecule has 0 heterocycles. The Bertz CT molecular complexity index is 847. The molecular weight excluding hydrogens is 657 g/mol. The molecule has 0 amide bonds. The van der Waals surface area contributed by atoms with Gasteiger partial charge in [-0.1, -0.05) is 211 Å². The summed E-state index contributed by atoms with van der Waals surface area (Å²) in [6, 6.07) is 0. The van der Waals surface area contributed by atoms with Gasteiger partial charge in [-0.25, -0.2) is 0 Å². The topological polar surface area (TPSA) is 72.8 Å². The molecule has 53 heavy (non-hydrogen) atoms. The van der Waals surface area contributed by atoms with Crippen molar-refractivity contribution in [3.05, 3.63) is 36.5 Å². The third-order valence-electron chi connectivity index (χ3n) is 10.2. The first-order chi connectivity index (χ1) is 26.1. The molecule has 0 rings (SSSR count). The Morgan fingerprint density at radius 2 is 0.755 bits per heavy atom. The zero-order valence-corrected chi connectivity index (χ0v) is 35.3. The molecule has 0 aliphatic carbocycles. The molecule has 0 saturated carbocycles. The normalized spacial score (nSPS) is 12.4. The van der Waals surface area contributed by atoms with Crippen molar-refractivity contribution in [2.75, 3.05) is 13.2 Å². The van der Waals surface area contributed by atoms with Crippen LogP contribution >= 0.6 is 0 Å². The van der Waals surface area contributed by atoms with E-state index in [2.05, 4.69) is 50.3 Å². The van der Waals surface area contributed by atoms with Gasteiger partial charge >= 0.3 is 11.9 Å². The van der Waals surface area contributed by atoms with Crippen LogP contribution in [0.3, 0.4) is 0 Å². The Labute approximate surface area is 329 Å². The number of hydrogen-bond donors (Lipinski definition) is 1. The first kappa shape index (κ1) is 51.1. The van der Waals surface area contributed by atoms with E-state index in [-0.39, 0.29) is 25.2 Å². The van der Waals surface area contributed by atoms with Gasteiger partial charge in [-0.2, -0.15) is 0 Å². The highest BCUT2D eigenvalue weighted by Gasteiger charge is 2.16. The van der Waals surface area contributed by atoms with Crippen molar-refractivity contribution in [1.82, 2.24) is 0 Å². The number of carbonyl (C=O) groups is 2. The van der Waals surface area contributed by atoms with E-state index in [1.54, 1.807) is 0 Å². The standard InChI is InChI=1S/C48H88O5/c1-3-5-7-9-11-12-13-14-15-16-17-18-19-20-21-22-23-24-25-26-27-28-29-30-31-32-33-34-35-36-37-39-41-43-48(51)53-46(44-49)45-52-47(50)42-40-38-10-8-6-4-2/h13-14,16-17,19-20,46,49H,3-12,15,18,21-45H2,1-2H3/b14-13-,17-16-,20-19-. The largest absolute Gasteiger partial charge is 0.462 e. The van der Waals surface area contributed by atoms with Crippen LogP contribution in [0.25, 0.3) is 0 Å². The summed E-state index contributed by atoms with van der Waals surface area (Å²) in [4.78, 5) is 24.1. The Kier molecular flexibility index (Phi) is 42.9. The smallest absolute Gasteiger partial charge is 0.306 e. The fourth-order valence-corrected chi connectivity index (χ4v) is 6.68. The van der Waals surface area contributed by atoms with Crippen molar-refractivity contribution in [2.45, 2.75) is 245 Å². The average Bonchev–Trinajstić information content (AvgIpc) is 3.16. The number of allylic oxidation sites excluding steroid dienone is 6. The summed E-state index contributed by atoms with van der Waals surface area (Å²) in [6.45, 7) is 4.07. The molecule has 310 valence electrons. The van der Waals surface area contributed by atoms with E-state index in [1.807, 2.05) is 0 Å². The number of aliphatic hydroxyl groups excluding tert-OH is 1. The Morgan fingerprint density at radius 1 is 0.434 bits per heavy atom. The maximum atomic E-state index is 12.1. The number of hydrogen-bond acceptors (Lipinski definition) is 5. The molecule has 0 bridgehead atoms. The van der Waals surface area contributed by atoms with E-state index in [0.29, 0.717) is 12.8 Å². The Morgan fingerprint density at radius 3 is 1.13 bits per heavy atom. The van der Waals surface area contributed by atoms with Crippen molar-refractivity contribution in [1.29, 1.82) is 0 Å².